The first-order chi connectivity index (χ1) is 17.3. The van der Waals surface area contributed by atoms with Crippen molar-refractivity contribution in [3.8, 4) is 23.1 Å². The van der Waals surface area contributed by atoms with Gasteiger partial charge in [0.05, 0.1) is 17.0 Å². The van der Waals surface area contributed by atoms with Gasteiger partial charge in [0.25, 0.3) is 5.91 Å². The van der Waals surface area contributed by atoms with Crippen molar-refractivity contribution in [3.63, 3.8) is 0 Å². The molecule has 2 aromatic heterocycles. The average Bonchev–Trinajstić information content (AvgIpc) is 3.22. The number of hydrogen-bond donors (Lipinski definition) is 2. The zero-order valence-corrected chi connectivity index (χ0v) is 20.5. The molecule has 0 bridgehead atoms. The lowest BCUT2D eigenvalue weighted by atomic mass is 9.93. The number of rotatable bonds is 3. The molecular weight excluding hydrogens is 487 g/mol. The number of nitrogens with two attached hydrogens (primary N) is 1. The van der Waals surface area contributed by atoms with Gasteiger partial charge in [-0.1, -0.05) is 32.9 Å². The van der Waals surface area contributed by atoms with Crippen molar-refractivity contribution in [2.45, 2.75) is 45.8 Å². The maximum atomic E-state index is 13.1. The lowest BCUT2D eigenvalue weighted by Crippen LogP contribution is -2.41. The molecule has 0 aliphatic carbocycles. The predicted octanol–water partition coefficient (Wildman–Crippen LogP) is 4.46. The zero-order valence-electron chi connectivity index (χ0n) is 20.5. The minimum Gasteiger partial charge on any atom is -0.507 e. The van der Waals surface area contributed by atoms with Gasteiger partial charge >= 0.3 is 6.18 Å². The molecule has 3 heterocycles. The van der Waals surface area contributed by atoms with E-state index in [0.717, 1.165) is 12.1 Å². The number of alkyl halides is 3. The largest absolute Gasteiger partial charge is 0.507 e. The summed E-state index contributed by atoms with van der Waals surface area (Å²) in [5.74, 6) is -1.23. The molecule has 0 spiro atoms. The molecule has 1 atom stereocenters. The molecule has 1 fully saturated rings. The highest BCUT2D eigenvalue weighted by Gasteiger charge is 2.35. The first-order valence-corrected chi connectivity index (χ1v) is 11.6. The monoisotopic (exact) mass is 513 g/mol. The molecule has 12 heteroatoms. The van der Waals surface area contributed by atoms with E-state index in [1.54, 1.807) is 15.7 Å². The summed E-state index contributed by atoms with van der Waals surface area (Å²) in [7, 11) is 0. The maximum Gasteiger partial charge on any atom is 0.419 e. The van der Waals surface area contributed by atoms with Gasteiger partial charge in [0.2, 0.25) is 0 Å². The van der Waals surface area contributed by atoms with Crippen LogP contribution < -0.4 is 5.73 Å². The number of amides is 1. The second kappa shape index (κ2) is 9.38. The van der Waals surface area contributed by atoms with E-state index >= 15 is 0 Å². The number of phenols is 1. The summed E-state index contributed by atoms with van der Waals surface area (Å²) >= 11 is 0. The number of phenolic OH excluding ortho intramolecular Hbond substituents is 1. The number of aromatic nitrogens is 4. The van der Waals surface area contributed by atoms with Crippen molar-refractivity contribution in [3.05, 3.63) is 41.7 Å². The normalized spacial score (nSPS) is 17.2. The molecule has 1 aliphatic rings. The van der Waals surface area contributed by atoms with Crippen LogP contribution >= 0.6 is 0 Å². The Bertz CT molecular complexity index is 1430. The molecule has 0 radical (unpaired) electrons. The van der Waals surface area contributed by atoms with E-state index in [9.17, 15) is 28.3 Å². The number of anilines is 1. The number of nitriles is 1. The second-order valence-electron chi connectivity index (χ2n) is 10.1. The SMILES string of the molecule is CC(C)(C)/C=C(\C#N)C(=O)N1CCC[C@@H](n2nc(-c3ccc(C(F)(F)F)c(O)c3)c3c(N)ncnc32)C1. The number of aromatic hydroxyl groups is 1. The molecule has 0 unspecified atom stereocenters. The minimum atomic E-state index is -4.71. The summed E-state index contributed by atoms with van der Waals surface area (Å²) in [6, 6.07) is 4.63. The van der Waals surface area contributed by atoms with Gasteiger partial charge in [-0.25, -0.2) is 14.6 Å². The Labute approximate surface area is 211 Å². The zero-order chi connectivity index (χ0) is 27.1. The van der Waals surface area contributed by atoms with Gasteiger partial charge in [-0.05, 0) is 30.4 Å². The third-order valence-corrected chi connectivity index (χ3v) is 6.05. The van der Waals surface area contributed by atoms with Crippen molar-refractivity contribution in [2.24, 2.45) is 5.41 Å². The second-order valence-corrected chi connectivity index (χ2v) is 10.1. The van der Waals surface area contributed by atoms with Crippen LogP contribution in [0.1, 0.15) is 45.2 Å². The molecule has 9 nitrogen and oxygen atoms in total. The highest BCUT2D eigenvalue weighted by Crippen LogP contribution is 2.40. The fourth-order valence-corrected chi connectivity index (χ4v) is 4.45. The van der Waals surface area contributed by atoms with E-state index in [1.807, 2.05) is 26.8 Å². The van der Waals surface area contributed by atoms with E-state index in [-0.39, 0.29) is 46.6 Å². The van der Waals surface area contributed by atoms with Crippen molar-refractivity contribution in [1.29, 1.82) is 5.26 Å². The third kappa shape index (κ3) is 5.21. The number of likely N-dealkylation sites (tertiary alicyclic amines) is 1. The molecule has 1 aliphatic heterocycles. The van der Waals surface area contributed by atoms with Gasteiger partial charge in [-0.15, -0.1) is 0 Å². The number of fused-ring (bicyclic) bond motifs is 1. The molecule has 1 saturated heterocycles. The van der Waals surface area contributed by atoms with E-state index in [0.29, 0.717) is 30.4 Å². The van der Waals surface area contributed by atoms with Crippen LogP contribution in [0, 0.1) is 16.7 Å². The van der Waals surface area contributed by atoms with Gasteiger partial charge in [-0.2, -0.15) is 23.5 Å². The quantitative estimate of drug-likeness (QED) is 0.390. The minimum absolute atomic E-state index is 0.0611. The van der Waals surface area contributed by atoms with Crippen molar-refractivity contribution < 1.29 is 23.1 Å². The topological polar surface area (TPSA) is 134 Å². The van der Waals surface area contributed by atoms with E-state index in [4.69, 9.17) is 5.73 Å². The number of benzene rings is 1. The van der Waals surface area contributed by atoms with Crippen LogP contribution in [0.25, 0.3) is 22.3 Å². The van der Waals surface area contributed by atoms with Crippen molar-refractivity contribution >= 4 is 22.8 Å². The van der Waals surface area contributed by atoms with Crippen LogP contribution in [0.5, 0.6) is 5.75 Å². The molecule has 1 amide bonds. The summed E-state index contributed by atoms with van der Waals surface area (Å²) in [4.78, 5) is 23.0. The Kier molecular flexibility index (Phi) is 6.58. The number of carbonyl (C=O) groups excluding carboxylic acids is 1. The van der Waals surface area contributed by atoms with E-state index in [2.05, 4.69) is 15.1 Å². The number of hydrogen-bond acceptors (Lipinski definition) is 7. The Hall–Kier alpha value is -4.14. The van der Waals surface area contributed by atoms with Gasteiger partial charge < -0.3 is 15.7 Å². The lowest BCUT2D eigenvalue weighted by Gasteiger charge is -2.33. The van der Waals surface area contributed by atoms with Crippen LogP contribution in [0.15, 0.2) is 36.2 Å². The average molecular weight is 514 g/mol. The summed E-state index contributed by atoms with van der Waals surface area (Å²) in [5.41, 5.74) is 5.43. The van der Waals surface area contributed by atoms with Gasteiger partial charge in [0.15, 0.2) is 5.65 Å². The number of carbonyl (C=O) groups is 1. The number of piperidine rings is 1. The molecule has 1 aromatic carbocycles. The molecule has 3 aromatic rings. The van der Waals surface area contributed by atoms with Crippen LogP contribution in [-0.2, 0) is 11.0 Å². The lowest BCUT2D eigenvalue weighted by molar-refractivity contribution is -0.138. The van der Waals surface area contributed by atoms with Gasteiger partial charge in [-0.3, -0.25) is 4.79 Å². The summed E-state index contributed by atoms with van der Waals surface area (Å²) in [5, 5.41) is 24.6. The third-order valence-electron chi connectivity index (χ3n) is 6.05. The molecule has 37 heavy (non-hydrogen) atoms. The maximum absolute atomic E-state index is 13.1. The number of nitrogen functional groups attached to an aromatic ring is 1. The predicted molar refractivity (Wildman–Crippen MR) is 130 cm³/mol. The Balaban J connectivity index is 1.74. The fourth-order valence-electron chi connectivity index (χ4n) is 4.45. The standard InChI is InChI=1S/C25H26F3N7O2/c1-24(2,3)10-15(11-29)23(37)34-8-4-5-16(12-34)35-22-19(21(30)31-13-32-22)20(33-35)14-6-7-17(18(36)9-14)25(26,27)28/h6-7,9-10,13,16,36H,4-5,8,12H2,1-3H3,(H2,30,31,32)/b15-10+/t16-/m1/s1. The van der Waals surface area contributed by atoms with Crippen LogP contribution in [-0.4, -0.2) is 48.8 Å². The Morgan fingerprint density at radius 1 is 1.27 bits per heavy atom. The van der Waals surface area contributed by atoms with Gasteiger partial charge in [0, 0.05) is 18.7 Å². The molecule has 3 N–H and O–H groups in total. The van der Waals surface area contributed by atoms with Crippen molar-refractivity contribution in [1.82, 2.24) is 24.6 Å². The van der Waals surface area contributed by atoms with Gasteiger partial charge in [0.1, 0.15) is 35.2 Å². The van der Waals surface area contributed by atoms with E-state index < -0.39 is 17.5 Å². The number of halogens is 3. The Morgan fingerprint density at radius 2 is 2.00 bits per heavy atom. The molecule has 194 valence electrons. The smallest absolute Gasteiger partial charge is 0.419 e. The molecular formula is C25H26F3N7O2. The van der Waals surface area contributed by atoms with Crippen LogP contribution in [0.2, 0.25) is 0 Å². The highest BCUT2D eigenvalue weighted by atomic mass is 19.4. The summed E-state index contributed by atoms with van der Waals surface area (Å²) < 4.78 is 41.0. The fraction of sp³-hybridized carbons (Fsp3) is 0.400. The first-order valence-electron chi connectivity index (χ1n) is 11.6. The van der Waals surface area contributed by atoms with E-state index in [1.165, 1.54) is 12.4 Å². The molecule has 0 saturated carbocycles. The Morgan fingerprint density at radius 3 is 2.62 bits per heavy atom. The summed E-state index contributed by atoms with van der Waals surface area (Å²) in [6.07, 6.45) is -0.523. The first kappa shape index (κ1) is 25.9. The number of allylic oxidation sites excluding steroid dienone is 1. The summed E-state index contributed by atoms with van der Waals surface area (Å²) in [6.45, 7) is 6.42. The highest BCUT2D eigenvalue weighted by molar-refractivity contribution is 5.99. The number of nitrogens with zero attached hydrogens (tertiary/aromatic N) is 6. The van der Waals surface area contributed by atoms with Crippen LogP contribution in [0.4, 0.5) is 19.0 Å². The molecule has 4 rings (SSSR count). The van der Waals surface area contributed by atoms with Crippen LogP contribution in [0.3, 0.4) is 0 Å². The van der Waals surface area contributed by atoms with Crippen molar-refractivity contribution in [2.75, 3.05) is 18.8 Å².